The maximum atomic E-state index is 10.6. The number of nitrogens with zero attached hydrogens (tertiary/aromatic N) is 1. The molecule has 5 nitrogen and oxygen atoms in total. The van der Waals surface area contributed by atoms with Crippen LogP contribution in [0.2, 0.25) is 0 Å². The van der Waals surface area contributed by atoms with Crippen LogP contribution in [0.1, 0.15) is 27.2 Å². The van der Waals surface area contributed by atoms with E-state index in [1.54, 1.807) is 19.2 Å². The SMILES string of the molecule is CC(CC(=O)O)Nc1cccnc1OC(C)C. The Labute approximate surface area is 101 Å². The lowest BCUT2D eigenvalue weighted by atomic mass is 10.2. The van der Waals surface area contributed by atoms with E-state index in [1.165, 1.54) is 0 Å². The van der Waals surface area contributed by atoms with Crippen molar-refractivity contribution in [3.63, 3.8) is 0 Å². The maximum Gasteiger partial charge on any atom is 0.305 e. The van der Waals surface area contributed by atoms with E-state index in [4.69, 9.17) is 9.84 Å². The molecular weight excluding hydrogens is 220 g/mol. The van der Waals surface area contributed by atoms with Crippen molar-refractivity contribution < 1.29 is 14.6 Å². The van der Waals surface area contributed by atoms with E-state index in [-0.39, 0.29) is 18.6 Å². The topological polar surface area (TPSA) is 71.5 Å². The molecule has 1 aromatic rings. The molecule has 1 atom stereocenters. The first-order valence-electron chi connectivity index (χ1n) is 5.59. The molecule has 0 saturated carbocycles. The van der Waals surface area contributed by atoms with Crippen molar-refractivity contribution in [2.24, 2.45) is 0 Å². The number of hydrogen-bond donors (Lipinski definition) is 2. The van der Waals surface area contributed by atoms with Gasteiger partial charge in [-0.3, -0.25) is 4.79 Å². The molecule has 1 rings (SSSR count). The van der Waals surface area contributed by atoms with Crippen molar-refractivity contribution in [1.29, 1.82) is 0 Å². The first-order valence-corrected chi connectivity index (χ1v) is 5.59. The van der Waals surface area contributed by atoms with Gasteiger partial charge in [-0.05, 0) is 32.9 Å². The summed E-state index contributed by atoms with van der Waals surface area (Å²) in [6, 6.07) is 3.43. The molecule has 0 amide bonds. The summed E-state index contributed by atoms with van der Waals surface area (Å²) in [6.07, 6.45) is 1.72. The molecule has 0 bridgehead atoms. The first kappa shape index (κ1) is 13.3. The molecule has 0 aliphatic heterocycles. The Morgan fingerprint density at radius 3 is 2.82 bits per heavy atom. The summed E-state index contributed by atoms with van der Waals surface area (Å²) in [7, 11) is 0. The van der Waals surface area contributed by atoms with Crippen LogP contribution in [0.15, 0.2) is 18.3 Å². The zero-order chi connectivity index (χ0) is 12.8. The number of hydrogen-bond acceptors (Lipinski definition) is 4. The molecule has 5 heteroatoms. The summed E-state index contributed by atoms with van der Waals surface area (Å²) in [5, 5.41) is 11.8. The van der Waals surface area contributed by atoms with Gasteiger partial charge in [-0.1, -0.05) is 0 Å². The fourth-order valence-electron chi connectivity index (χ4n) is 1.40. The summed E-state index contributed by atoms with van der Waals surface area (Å²) in [4.78, 5) is 14.7. The fraction of sp³-hybridized carbons (Fsp3) is 0.500. The van der Waals surface area contributed by atoms with Crippen molar-refractivity contribution in [1.82, 2.24) is 4.98 Å². The number of rotatable bonds is 6. The second kappa shape index (κ2) is 6.08. The Morgan fingerprint density at radius 2 is 2.24 bits per heavy atom. The molecule has 0 aromatic carbocycles. The minimum absolute atomic E-state index is 0.0280. The second-order valence-corrected chi connectivity index (χ2v) is 4.17. The third-order valence-electron chi connectivity index (χ3n) is 2.00. The number of carbonyl (C=O) groups is 1. The van der Waals surface area contributed by atoms with Crippen LogP contribution in [-0.4, -0.2) is 28.2 Å². The van der Waals surface area contributed by atoms with Gasteiger partial charge in [0.2, 0.25) is 5.88 Å². The van der Waals surface area contributed by atoms with Crippen molar-refractivity contribution in [3.05, 3.63) is 18.3 Å². The Morgan fingerprint density at radius 1 is 1.53 bits per heavy atom. The molecule has 0 spiro atoms. The van der Waals surface area contributed by atoms with Gasteiger partial charge in [-0.15, -0.1) is 0 Å². The molecular formula is C12H18N2O3. The third-order valence-corrected chi connectivity index (χ3v) is 2.00. The van der Waals surface area contributed by atoms with Crippen molar-refractivity contribution >= 4 is 11.7 Å². The number of pyridine rings is 1. The van der Waals surface area contributed by atoms with Gasteiger partial charge >= 0.3 is 5.97 Å². The number of aromatic nitrogens is 1. The van der Waals surface area contributed by atoms with E-state index in [9.17, 15) is 4.79 Å². The van der Waals surface area contributed by atoms with E-state index in [2.05, 4.69) is 10.3 Å². The monoisotopic (exact) mass is 238 g/mol. The van der Waals surface area contributed by atoms with Gasteiger partial charge < -0.3 is 15.2 Å². The molecule has 94 valence electrons. The Hall–Kier alpha value is -1.78. The lowest BCUT2D eigenvalue weighted by Gasteiger charge is -2.17. The predicted molar refractivity (Wildman–Crippen MR) is 65.3 cm³/mol. The smallest absolute Gasteiger partial charge is 0.305 e. The molecule has 1 unspecified atom stereocenters. The molecule has 2 N–H and O–H groups in total. The minimum atomic E-state index is -0.833. The van der Waals surface area contributed by atoms with E-state index in [0.29, 0.717) is 5.88 Å². The van der Waals surface area contributed by atoms with Gasteiger partial charge in [0.1, 0.15) is 0 Å². The molecule has 1 heterocycles. The van der Waals surface area contributed by atoms with Crippen LogP contribution in [-0.2, 0) is 4.79 Å². The van der Waals surface area contributed by atoms with E-state index in [0.717, 1.165) is 5.69 Å². The molecule has 0 saturated heterocycles. The number of aliphatic carboxylic acids is 1. The maximum absolute atomic E-state index is 10.6. The quantitative estimate of drug-likeness (QED) is 0.794. The average molecular weight is 238 g/mol. The zero-order valence-electron chi connectivity index (χ0n) is 10.3. The van der Waals surface area contributed by atoms with Gasteiger partial charge in [-0.25, -0.2) is 4.98 Å². The van der Waals surface area contributed by atoms with Crippen LogP contribution in [0.4, 0.5) is 5.69 Å². The lowest BCUT2D eigenvalue weighted by molar-refractivity contribution is -0.137. The normalized spacial score (nSPS) is 12.2. The highest BCUT2D eigenvalue weighted by Gasteiger charge is 2.11. The Balaban J connectivity index is 2.72. The number of anilines is 1. The van der Waals surface area contributed by atoms with Gasteiger partial charge in [0.15, 0.2) is 0 Å². The number of carboxylic acid groups (broad SMARTS) is 1. The van der Waals surface area contributed by atoms with Gasteiger partial charge in [0.25, 0.3) is 0 Å². The summed E-state index contributed by atoms with van der Waals surface area (Å²) in [6.45, 7) is 5.64. The van der Waals surface area contributed by atoms with E-state index < -0.39 is 5.97 Å². The molecule has 0 aliphatic rings. The summed E-state index contributed by atoms with van der Waals surface area (Å²) in [5.41, 5.74) is 0.718. The Kier molecular flexibility index (Phi) is 4.75. The van der Waals surface area contributed by atoms with Gasteiger partial charge in [-0.2, -0.15) is 0 Å². The fourth-order valence-corrected chi connectivity index (χ4v) is 1.40. The molecule has 17 heavy (non-hydrogen) atoms. The van der Waals surface area contributed by atoms with Crippen molar-refractivity contribution in [2.75, 3.05) is 5.32 Å². The zero-order valence-corrected chi connectivity index (χ0v) is 10.3. The van der Waals surface area contributed by atoms with E-state index >= 15 is 0 Å². The second-order valence-electron chi connectivity index (χ2n) is 4.17. The first-order chi connectivity index (χ1) is 7.99. The Bertz CT molecular complexity index is 380. The number of nitrogens with one attached hydrogen (secondary N) is 1. The van der Waals surface area contributed by atoms with Crippen molar-refractivity contribution in [2.45, 2.75) is 39.3 Å². The summed E-state index contributed by atoms with van der Waals surface area (Å²) >= 11 is 0. The van der Waals surface area contributed by atoms with Crippen LogP contribution >= 0.6 is 0 Å². The predicted octanol–water partition coefficient (Wildman–Crippen LogP) is 2.14. The molecule has 0 radical (unpaired) electrons. The number of carboxylic acids is 1. The van der Waals surface area contributed by atoms with Gasteiger partial charge in [0.05, 0.1) is 18.2 Å². The lowest BCUT2D eigenvalue weighted by Crippen LogP contribution is -2.20. The van der Waals surface area contributed by atoms with E-state index in [1.807, 2.05) is 19.9 Å². The summed E-state index contributed by atoms with van der Waals surface area (Å²) in [5.74, 6) is -0.333. The largest absolute Gasteiger partial charge is 0.481 e. The van der Waals surface area contributed by atoms with Crippen LogP contribution in [0.5, 0.6) is 5.88 Å². The molecule has 0 aliphatic carbocycles. The van der Waals surface area contributed by atoms with Crippen LogP contribution in [0.25, 0.3) is 0 Å². The van der Waals surface area contributed by atoms with Gasteiger partial charge in [0, 0.05) is 12.2 Å². The third kappa shape index (κ3) is 4.72. The van der Waals surface area contributed by atoms with Crippen LogP contribution in [0.3, 0.4) is 0 Å². The van der Waals surface area contributed by atoms with Crippen molar-refractivity contribution in [3.8, 4) is 5.88 Å². The standard InChI is InChI=1S/C12H18N2O3/c1-8(2)17-12-10(5-4-6-13-12)14-9(3)7-11(15)16/h4-6,8-9,14H,7H2,1-3H3,(H,15,16). The highest BCUT2D eigenvalue weighted by atomic mass is 16.5. The molecule has 1 aromatic heterocycles. The average Bonchev–Trinajstić information content (AvgIpc) is 2.18. The number of ether oxygens (including phenoxy) is 1. The van der Waals surface area contributed by atoms with Crippen LogP contribution < -0.4 is 10.1 Å². The molecule has 0 fully saturated rings. The summed E-state index contributed by atoms with van der Waals surface area (Å²) < 4.78 is 5.53. The van der Waals surface area contributed by atoms with Crippen LogP contribution in [0, 0.1) is 0 Å². The minimum Gasteiger partial charge on any atom is -0.481 e. The highest BCUT2D eigenvalue weighted by molar-refractivity contribution is 5.68. The highest BCUT2D eigenvalue weighted by Crippen LogP contribution is 2.22.